The predicted octanol–water partition coefficient (Wildman–Crippen LogP) is 0.554. The number of β-amino-alcohol motifs (C(OH)–C–C–N with tert-alkyl or cyclic N) is 1. The molecule has 1 aromatic rings. The molecule has 1 aliphatic heterocycles. The smallest absolute Gasteiger partial charge is 0.341 e. The van der Waals surface area contributed by atoms with Crippen molar-refractivity contribution < 1.29 is 14.6 Å². The molecule has 6 heteroatoms. The molecule has 0 bridgehead atoms. The fraction of sp³-hybridized carbons (Fsp3) is 0.692. The van der Waals surface area contributed by atoms with Crippen LogP contribution in [0, 0.1) is 0 Å². The van der Waals surface area contributed by atoms with Gasteiger partial charge < -0.3 is 9.84 Å². The summed E-state index contributed by atoms with van der Waals surface area (Å²) in [5.41, 5.74) is 0.704. The van der Waals surface area contributed by atoms with E-state index >= 15 is 0 Å². The van der Waals surface area contributed by atoms with Crippen LogP contribution in [0.5, 0.6) is 0 Å². The molecule has 0 spiro atoms. The average molecular weight is 267 g/mol. The van der Waals surface area contributed by atoms with Crippen LogP contribution in [0.15, 0.2) is 6.20 Å². The van der Waals surface area contributed by atoms with Gasteiger partial charge in [-0.05, 0) is 20.3 Å². The third-order valence-corrected chi connectivity index (χ3v) is 3.46. The Hall–Kier alpha value is -1.40. The fourth-order valence-corrected chi connectivity index (χ4v) is 2.42. The molecule has 0 aromatic carbocycles. The summed E-state index contributed by atoms with van der Waals surface area (Å²) in [6.45, 7) is 6.00. The van der Waals surface area contributed by atoms with E-state index < -0.39 is 5.60 Å². The molecule has 2 heterocycles. The molecule has 0 saturated carbocycles. The van der Waals surface area contributed by atoms with Crippen molar-refractivity contribution in [2.24, 2.45) is 7.05 Å². The maximum atomic E-state index is 11.8. The van der Waals surface area contributed by atoms with Gasteiger partial charge in [0.2, 0.25) is 0 Å². The third-order valence-electron chi connectivity index (χ3n) is 3.46. The van der Waals surface area contributed by atoms with E-state index in [0.29, 0.717) is 25.3 Å². The Bertz CT molecular complexity index is 468. The first kappa shape index (κ1) is 14.0. The van der Waals surface area contributed by atoms with E-state index in [-0.39, 0.29) is 5.97 Å². The number of likely N-dealkylation sites (tertiary alicyclic amines) is 1. The van der Waals surface area contributed by atoms with Gasteiger partial charge in [0.05, 0.1) is 24.1 Å². The maximum absolute atomic E-state index is 11.8. The van der Waals surface area contributed by atoms with Gasteiger partial charge in [0.1, 0.15) is 5.56 Å². The van der Waals surface area contributed by atoms with Gasteiger partial charge in [0.25, 0.3) is 0 Å². The van der Waals surface area contributed by atoms with E-state index in [1.54, 1.807) is 17.8 Å². The third kappa shape index (κ3) is 3.13. The monoisotopic (exact) mass is 267 g/mol. The lowest BCUT2D eigenvalue weighted by atomic mass is 10.1. The highest BCUT2D eigenvalue weighted by Crippen LogP contribution is 2.23. The summed E-state index contributed by atoms with van der Waals surface area (Å²) in [4.78, 5) is 14.0. The topological polar surface area (TPSA) is 67.6 Å². The SMILES string of the molecule is CCOC(=O)c1cnn(C)c1CN1CCC(C)(O)C1. The lowest BCUT2D eigenvalue weighted by Gasteiger charge is -2.19. The molecule has 1 aromatic heterocycles. The first-order valence-corrected chi connectivity index (χ1v) is 6.55. The Morgan fingerprint density at radius 3 is 2.95 bits per heavy atom. The Balaban J connectivity index is 2.12. The second-order valence-corrected chi connectivity index (χ2v) is 5.31. The number of nitrogens with zero attached hydrogens (tertiary/aromatic N) is 3. The largest absolute Gasteiger partial charge is 0.462 e. The molecular formula is C13H21N3O3. The van der Waals surface area contributed by atoms with Gasteiger partial charge in [-0.2, -0.15) is 5.10 Å². The highest BCUT2D eigenvalue weighted by atomic mass is 16.5. The van der Waals surface area contributed by atoms with Gasteiger partial charge in [-0.1, -0.05) is 0 Å². The average Bonchev–Trinajstić information content (AvgIpc) is 2.84. The van der Waals surface area contributed by atoms with Gasteiger partial charge >= 0.3 is 5.97 Å². The lowest BCUT2D eigenvalue weighted by Crippen LogP contribution is -2.30. The van der Waals surface area contributed by atoms with E-state index in [2.05, 4.69) is 10.00 Å². The fourth-order valence-electron chi connectivity index (χ4n) is 2.42. The molecule has 0 amide bonds. The molecule has 1 atom stereocenters. The molecule has 1 N–H and O–H groups in total. The Morgan fingerprint density at radius 2 is 2.37 bits per heavy atom. The van der Waals surface area contributed by atoms with Crippen molar-refractivity contribution in [3.8, 4) is 0 Å². The molecule has 2 rings (SSSR count). The van der Waals surface area contributed by atoms with E-state index in [4.69, 9.17) is 4.74 Å². The van der Waals surface area contributed by atoms with Crippen LogP contribution in [-0.2, 0) is 18.3 Å². The van der Waals surface area contributed by atoms with Gasteiger partial charge in [-0.3, -0.25) is 9.58 Å². The number of hydrogen-bond acceptors (Lipinski definition) is 5. The minimum absolute atomic E-state index is 0.337. The molecule has 1 unspecified atom stereocenters. The van der Waals surface area contributed by atoms with E-state index in [1.807, 2.05) is 14.0 Å². The standard InChI is InChI=1S/C13H21N3O3/c1-4-19-12(17)10-7-14-15(3)11(10)8-16-6-5-13(2,18)9-16/h7,18H,4-6,8-9H2,1-3H3. The van der Waals surface area contributed by atoms with Crippen LogP contribution in [0.4, 0.5) is 0 Å². The number of aryl methyl sites for hydroxylation is 1. The van der Waals surface area contributed by atoms with Crippen LogP contribution < -0.4 is 0 Å². The zero-order chi connectivity index (χ0) is 14.0. The van der Waals surface area contributed by atoms with E-state index in [1.165, 1.54) is 0 Å². The first-order valence-electron chi connectivity index (χ1n) is 6.55. The van der Waals surface area contributed by atoms with Crippen LogP contribution >= 0.6 is 0 Å². The lowest BCUT2D eigenvalue weighted by molar-refractivity contribution is 0.0523. The quantitative estimate of drug-likeness (QED) is 0.807. The van der Waals surface area contributed by atoms with Crippen molar-refractivity contribution in [2.45, 2.75) is 32.4 Å². The van der Waals surface area contributed by atoms with Crippen molar-refractivity contribution in [3.05, 3.63) is 17.5 Å². The minimum Gasteiger partial charge on any atom is -0.462 e. The molecular weight excluding hydrogens is 246 g/mol. The van der Waals surface area contributed by atoms with Crippen LogP contribution in [0.1, 0.15) is 36.3 Å². The summed E-state index contributed by atoms with van der Waals surface area (Å²) in [6, 6.07) is 0. The molecule has 6 nitrogen and oxygen atoms in total. The van der Waals surface area contributed by atoms with E-state index in [9.17, 15) is 9.90 Å². The van der Waals surface area contributed by atoms with Crippen LogP contribution in [-0.4, -0.2) is 51.1 Å². The zero-order valence-corrected chi connectivity index (χ0v) is 11.7. The number of aliphatic hydroxyl groups is 1. The van der Waals surface area contributed by atoms with Crippen LogP contribution in [0.3, 0.4) is 0 Å². The summed E-state index contributed by atoms with van der Waals surface area (Å²) in [5, 5.41) is 14.1. The second kappa shape index (κ2) is 5.30. The predicted molar refractivity (Wildman–Crippen MR) is 69.7 cm³/mol. The van der Waals surface area contributed by atoms with Crippen molar-refractivity contribution in [1.82, 2.24) is 14.7 Å². The summed E-state index contributed by atoms with van der Waals surface area (Å²) in [5.74, 6) is -0.337. The highest BCUT2D eigenvalue weighted by Gasteiger charge is 2.32. The molecule has 106 valence electrons. The second-order valence-electron chi connectivity index (χ2n) is 5.31. The van der Waals surface area contributed by atoms with Gasteiger partial charge in [0.15, 0.2) is 0 Å². The van der Waals surface area contributed by atoms with Crippen LogP contribution in [0.2, 0.25) is 0 Å². The summed E-state index contributed by atoms with van der Waals surface area (Å²) >= 11 is 0. The molecule has 0 aliphatic carbocycles. The summed E-state index contributed by atoms with van der Waals surface area (Å²) in [6.07, 6.45) is 2.29. The van der Waals surface area contributed by atoms with E-state index in [0.717, 1.165) is 18.7 Å². The zero-order valence-electron chi connectivity index (χ0n) is 11.7. The number of carbonyl (C=O) groups excluding carboxylic acids is 1. The number of hydrogen-bond donors (Lipinski definition) is 1. The maximum Gasteiger partial charge on any atom is 0.341 e. The Kier molecular flexibility index (Phi) is 3.91. The van der Waals surface area contributed by atoms with Crippen molar-refractivity contribution >= 4 is 5.97 Å². The Labute approximate surface area is 113 Å². The highest BCUT2D eigenvalue weighted by molar-refractivity contribution is 5.90. The van der Waals surface area contributed by atoms with Crippen LogP contribution in [0.25, 0.3) is 0 Å². The summed E-state index contributed by atoms with van der Waals surface area (Å²) < 4.78 is 6.72. The van der Waals surface area contributed by atoms with Crippen molar-refractivity contribution in [3.63, 3.8) is 0 Å². The Morgan fingerprint density at radius 1 is 1.63 bits per heavy atom. The van der Waals surface area contributed by atoms with Gasteiger partial charge in [0, 0.05) is 26.7 Å². The first-order chi connectivity index (χ1) is 8.93. The number of aromatic nitrogens is 2. The molecule has 0 radical (unpaired) electrons. The molecule has 1 aliphatic rings. The molecule has 1 fully saturated rings. The van der Waals surface area contributed by atoms with Crippen molar-refractivity contribution in [2.75, 3.05) is 19.7 Å². The number of rotatable bonds is 4. The van der Waals surface area contributed by atoms with Gasteiger partial charge in [-0.25, -0.2) is 4.79 Å². The number of esters is 1. The van der Waals surface area contributed by atoms with Crippen molar-refractivity contribution in [1.29, 1.82) is 0 Å². The number of carbonyl (C=O) groups is 1. The number of ether oxygens (including phenoxy) is 1. The minimum atomic E-state index is -0.636. The molecule has 1 saturated heterocycles. The molecule has 19 heavy (non-hydrogen) atoms. The summed E-state index contributed by atoms with van der Waals surface area (Å²) in [7, 11) is 1.81. The normalized spacial score (nSPS) is 23.8. The van der Waals surface area contributed by atoms with Gasteiger partial charge in [-0.15, -0.1) is 0 Å².